The first kappa shape index (κ1) is 15.0. The molecular weight excluding hydrogens is 316 g/mol. The Morgan fingerprint density at radius 2 is 1.42 bits per heavy atom. The molecule has 0 aliphatic rings. The largest absolute Gasteiger partial charge is 0.331 e. The number of nitrogens with zero attached hydrogens (tertiary/aromatic N) is 2. The van der Waals surface area contributed by atoms with E-state index in [2.05, 4.69) is 97.5 Å². The lowest BCUT2D eigenvalue weighted by molar-refractivity contribution is -0.661. The molecule has 0 radical (unpaired) electrons. The third kappa shape index (κ3) is 2.26. The lowest BCUT2D eigenvalue weighted by Gasteiger charge is -2.08. The van der Waals surface area contributed by atoms with E-state index in [-0.39, 0.29) is 0 Å². The van der Waals surface area contributed by atoms with E-state index in [0.29, 0.717) is 0 Å². The molecule has 0 atom stereocenters. The second kappa shape index (κ2) is 5.63. The van der Waals surface area contributed by atoms with Crippen molar-refractivity contribution in [2.45, 2.75) is 6.92 Å². The summed E-state index contributed by atoms with van der Waals surface area (Å²) >= 11 is 0. The molecule has 0 bridgehead atoms. The molecule has 5 rings (SSSR count). The van der Waals surface area contributed by atoms with Crippen molar-refractivity contribution in [3.63, 3.8) is 0 Å². The number of hydrogen-bond acceptors (Lipinski definition) is 1. The molecule has 26 heavy (non-hydrogen) atoms. The zero-order valence-corrected chi connectivity index (χ0v) is 14.9. The van der Waals surface area contributed by atoms with E-state index in [4.69, 9.17) is 4.98 Å². The van der Waals surface area contributed by atoms with Crippen molar-refractivity contribution in [2.75, 3.05) is 0 Å². The summed E-state index contributed by atoms with van der Waals surface area (Å²) in [5.41, 5.74) is 3.46. The molecule has 0 aliphatic carbocycles. The van der Waals surface area contributed by atoms with Gasteiger partial charge in [0, 0.05) is 0 Å². The zero-order valence-electron chi connectivity index (χ0n) is 14.9. The van der Waals surface area contributed by atoms with Gasteiger partial charge >= 0.3 is 5.82 Å². The van der Waals surface area contributed by atoms with E-state index < -0.39 is 0 Å². The molecule has 1 heterocycles. The summed E-state index contributed by atoms with van der Waals surface area (Å²) in [5.74, 6) is 0.996. The summed E-state index contributed by atoms with van der Waals surface area (Å²) in [7, 11) is 2.08. The Balaban J connectivity index is 1.81. The van der Waals surface area contributed by atoms with Crippen LogP contribution in [-0.4, -0.2) is 4.98 Å². The fourth-order valence-corrected chi connectivity index (χ4v) is 3.81. The van der Waals surface area contributed by atoms with Gasteiger partial charge in [-0.3, -0.25) is 0 Å². The smallest absolute Gasteiger partial charge is 0.232 e. The van der Waals surface area contributed by atoms with Crippen molar-refractivity contribution in [2.24, 2.45) is 7.05 Å². The van der Waals surface area contributed by atoms with E-state index in [1.54, 1.807) is 0 Å². The second-order valence-corrected chi connectivity index (χ2v) is 6.91. The Kier molecular flexibility index (Phi) is 3.26. The molecule has 4 aromatic carbocycles. The molecule has 0 fully saturated rings. The standard InChI is InChI=1S/C24H19N2/c1-16-13-18-8-3-4-9-19(18)14-21(16)24-25-23-12-11-17-7-5-6-10-20(17)22(23)15-26(24)2/h3-15H,1-2H3/q+1. The maximum Gasteiger partial charge on any atom is 0.331 e. The molecule has 5 aromatic rings. The predicted molar refractivity (Wildman–Crippen MR) is 108 cm³/mol. The highest BCUT2D eigenvalue weighted by Gasteiger charge is 2.19. The van der Waals surface area contributed by atoms with Crippen LogP contribution in [0.1, 0.15) is 5.56 Å². The van der Waals surface area contributed by atoms with Gasteiger partial charge in [0.2, 0.25) is 0 Å². The van der Waals surface area contributed by atoms with E-state index in [0.717, 1.165) is 11.3 Å². The minimum Gasteiger partial charge on any atom is -0.232 e. The van der Waals surface area contributed by atoms with E-state index in [1.807, 2.05) is 0 Å². The number of fused-ring (bicyclic) bond motifs is 4. The first-order chi connectivity index (χ1) is 12.7. The van der Waals surface area contributed by atoms with Gasteiger partial charge in [-0.1, -0.05) is 54.6 Å². The lowest BCUT2D eigenvalue weighted by atomic mass is 10.0. The van der Waals surface area contributed by atoms with Gasteiger partial charge in [0.15, 0.2) is 5.52 Å². The first-order valence-electron chi connectivity index (χ1n) is 8.88. The number of aromatic nitrogens is 2. The summed E-state index contributed by atoms with van der Waals surface area (Å²) in [6, 6.07) is 25.7. The monoisotopic (exact) mass is 335 g/mol. The van der Waals surface area contributed by atoms with Crippen molar-refractivity contribution in [3.05, 3.63) is 84.6 Å². The van der Waals surface area contributed by atoms with Crippen molar-refractivity contribution < 1.29 is 4.57 Å². The Bertz CT molecular complexity index is 1300. The van der Waals surface area contributed by atoms with Crippen LogP contribution >= 0.6 is 0 Å². The molecule has 0 saturated carbocycles. The topological polar surface area (TPSA) is 16.8 Å². The van der Waals surface area contributed by atoms with Gasteiger partial charge < -0.3 is 0 Å². The number of rotatable bonds is 1. The van der Waals surface area contributed by atoms with Crippen LogP contribution in [0.25, 0.3) is 43.8 Å². The van der Waals surface area contributed by atoms with Crippen LogP contribution < -0.4 is 4.57 Å². The van der Waals surface area contributed by atoms with Crippen LogP contribution in [0.15, 0.2) is 79.0 Å². The number of benzene rings is 4. The molecule has 0 aliphatic heterocycles. The minimum absolute atomic E-state index is 0.996. The fourth-order valence-electron chi connectivity index (χ4n) is 3.81. The van der Waals surface area contributed by atoms with Gasteiger partial charge in [0.25, 0.3) is 0 Å². The van der Waals surface area contributed by atoms with Crippen molar-refractivity contribution in [3.8, 4) is 11.4 Å². The molecule has 0 unspecified atom stereocenters. The van der Waals surface area contributed by atoms with E-state index >= 15 is 0 Å². The minimum atomic E-state index is 0.996. The van der Waals surface area contributed by atoms with Crippen molar-refractivity contribution >= 4 is 32.4 Å². The Morgan fingerprint density at radius 3 is 2.23 bits per heavy atom. The average molecular weight is 335 g/mol. The lowest BCUT2D eigenvalue weighted by Crippen LogP contribution is -2.32. The van der Waals surface area contributed by atoms with Crippen LogP contribution in [-0.2, 0) is 7.05 Å². The highest BCUT2D eigenvalue weighted by Crippen LogP contribution is 2.28. The van der Waals surface area contributed by atoms with Gasteiger partial charge in [-0.2, -0.15) is 0 Å². The van der Waals surface area contributed by atoms with Gasteiger partial charge in [0.05, 0.1) is 18.0 Å². The van der Waals surface area contributed by atoms with Crippen molar-refractivity contribution in [1.82, 2.24) is 4.98 Å². The Labute approximate surface area is 152 Å². The van der Waals surface area contributed by atoms with Crippen LogP contribution in [0.4, 0.5) is 0 Å². The maximum atomic E-state index is 5.03. The maximum absolute atomic E-state index is 5.03. The van der Waals surface area contributed by atoms with E-state index in [1.165, 1.54) is 38.1 Å². The van der Waals surface area contributed by atoms with Gasteiger partial charge in [0.1, 0.15) is 6.20 Å². The molecular formula is C24H19N2+. The van der Waals surface area contributed by atoms with Gasteiger partial charge in [-0.05, 0) is 57.2 Å². The molecule has 0 saturated heterocycles. The SMILES string of the molecule is Cc1cc2ccccc2cc1-c1nc2ccc3ccccc3c2c[n+]1C. The summed E-state index contributed by atoms with van der Waals surface area (Å²) in [6.45, 7) is 2.16. The highest BCUT2D eigenvalue weighted by atomic mass is 15.0. The summed E-state index contributed by atoms with van der Waals surface area (Å²) in [5, 5.41) is 6.19. The molecule has 2 nitrogen and oxygen atoms in total. The van der Waals surface area contributed by atoms with Crippen LogP contribution in [0.2, 0.25) is 0 Å². The highest BCUT2D eigenvalue weighted by molar-refractivity contribution is 6.05. The Morgan fingerprint density at radius 1 is 0.731 bits per heavy atom. The Hall–Kier alpha value is -3.26. The van der Waals surface area contributed by atoms with Crippen LogP contribution in [0.5, 0.6) is 0 Å². The first-order valence-corrected chi connectivity index (χ1v) is 8.88. The summed E-state index contributed by atoms with van der Waals surface area (Å²) < 4.78 is 2.14. The summed E-state index contributed by atoms with van der Waals surface area (Å²) in [6.07, 6.45) is 2.20. The molecule has 0 N–H and O–H groups in total. The van der Waals surface area contributed by atoms with Crippen molar-refractivity contribution in [1.29, 1.82) is 0 Å². The third-order valence-electron chi connectivity index (χ3n) is 5.16. The summed E-state index contributed by atoms with van der Waals surface area (Å²) in [4.78, 5) is 5.03. The number of hydrogen-bond donors (Lipinski definition) is 0. The second-order valence-electron chi connectivity index (χ2n) is 6.91. The fraction of sp³-hybridized carbons (Fsp3) is 0.0833. The third-order valence-corrected chi connectivity index (χ3v) is 5.16. The molecule has 0 spiro atoms. The quantitative estimate of drug-likeness (QED) is 0.298. The molecule has 2 heteroatoms. The van der Waals surface area contributed by atoms with Crippen LogP contribution in [0, 0.1) is 6.92 Å². The molecule has 124 valence electrons. The van der Waals surface area contributed by atoms with Gasteiger partial charge in [-0.15, -0.1) is 0 Å². The molecule has 1 aromatic heterocycles. The normalized spacial score (nSPS) is 11.5. The predicted octanol–water partition coefficient (Wildman–Crippen LogP) is 5.34. The van der Waals surface area contributed by atoms with E-state index in [9.17, 15) is 0 Å². The van der Waals surface area contributed by atoms with Crippen LogP contribution in [0.3, 0.4) is 0 Å². The van der Waals surface area contributed by atoms with Gasteiger partial charge in [-0.25, -0.2) is 4.57 Å². The zero-order chi connectivity index (χ0) is 17.7. The number of aryl methyl sites for hydroxylation is 2. The average Bonchev–Trinajstić information content (AvgIpc) is 2.67. The molecule has 0 amide bonds.